The zero-order valence-electron chi connectivity index (χ0n) is 38.8. The van der Waals surface area contributed by atoms with Crippen LogP contribution in [-0.4, -0.2) is 37.2 Å². The van der Waals surface area contributed by atoms with Gasteiger partial charge in [-0.2, -0.15) is 0 Å². The van der Waals surface area contributed by atoms with Crippen molar-refractivity contribution in [1.29, 1.82) is 0 Å². The molecule has 0 aromatic carbocycles. The van der Waals surface area contributed by atoms with Gasteiger partial charge in [0.25, 0.3) is 0 Å². The summed E-state index contributed by atoms with van der Waals surface area (Å²) in [5.41, 5.74) is 0. The normalized spacial score (nSPS) is 12.4. The van der Waals surface area contributed by atoms with Gasteiger partial charge in [-0.1, -0.05) is 246 Å². The highest BCUT2D eigenvalue weighted by molar-refractivity contribution is 5.71. The van der Waals surface area contributed by atoms with E-state index < -0.39 is 6.10 Å². The van der Waals surface area contributed by atoms with Crippen LogP contribution < -0.4 is 0 Å². The molecule has 57 heavy (non-hydrogen) atoms. The van der Waals surface area contributed by atoms with Gasteiger partial charge in [-0.05, 0) is 25.2 Å². The standard InChI is InChI=1S/C51H98O6/c1-5-8-10-12-14-16-22-28-32-36-40-44-51(54)57-48(45-55-49(52)42-38-34-30-26-17-15-13-11-9-6-2)46-56-50(53)43-39-35-31-27-24-21-19-18-20-23-25-29-33-37-41-47(4)7-3/h47-48H,5-46H2,1-4H3/t47?,48-/m0/s1. The molecule has 0 aromatic rings. The molecule has 0 fully saturated rings. The van der Waals surface area contributed by atoms with E-state index in [1.165, 1.54) is 180 Å². The van der Waals surface area contributed by atoms with Gasteiger partial charge < -0.3 is 14.2 Å². The Labute approximate surface area is 355 Å². The fourth-order valence-corrected chi connectivity index (χ4v) is 7.66. The van der Waals surface area contributed by atoms with Gasteiger partial charge in [0, 0.05) is 19.3 Å². The fraction of sp³-hybridized carbons (Fsp3) is 0.941. The molecule has 1 unspecified atom stereocenters. The van der Waals surface area contributed by atoms with Gasteiger partial charge in [0.15, 0.2) is 6.10 Å². The summed E-state index contributed by atoms with van der Waals surface area (Å²) in [4.78, 5) is 37.8. The molecule has 6 nitrogen and oxygen atoms in total. The van der Waals surface area contributed by atoms with Gasteiger partial charge in [0.05, 0.1) is 0 Å². The Morgan fingerprint density at radius 3 is 0.912 bits per heavy atom. The third-order valence-electron chi connectivity index (χ3n) is 11.9. The summed E-state index contributed by atoms with van der Waals surface area (Å²) in [5.74, 6) is 0.0478. The third kappa shape index (κ3) is 43.8. The Bertz CT molecular complexity index is 859. The van der Waals surface area contributed by atoms with Gasteiger partial charge >= 0.3 is 17.9 Å². The van der Waals surface area contributed by atoms with Crippen LogP contribution in [0.4, 0.5) is 0 Å². The van der Waals surface area contributed by atoms with Crippen LogP contribution in [-0.2, 0) is 28.6 Å². The maximum Gasteiger partial charge on any atom is 0.306 e. The van der Waals surface area contributed by atoms with Crippen molar-refractivity contribution in [2.45, 2.75) is 291 Å². The lowest BCUT2D eigenvalue weighted by atomic mass is 9.99. The largest absolute Gasteiger partial charge is 0.462 e. The summed E-state index contributed by atoms with van der Waals surface area (Å²) in [6.07, 6.45) is 46.5. The van der Waals surface area contributed by atoms with Crippen molar-refractivity contribution in [2.24, 2.45) is 5.92 Å². The number of ether oxygens (including phenoxy) is 3. The molecule has 0 saturated carbocycles. The first-order valence-corrected chi connectivity index (χ1v) is 25.4. The van der Waals surface area contributed by atoms with Crippen LogP contribution >= 0.6 is 0 Å². The van der Waals surface area contributed by atoms with E-state index in [1.54, 1.807) is 0 Å². The number of hydrogen-bond acceptors (Lipinski definition) is 6. The van der Waals surface area contributed by atoms with E-state index in [0.717, 1.165) is 63.7 Å². The zero-order valence-corrected chi connectivity index (χ0v) is 38.8. The molecule has 0 heterocycles. The number of hydrogen-bond donors (Lipinski definition) is 0. The average Bonchev–Trinajstić information content (AvgIpc) is 3.21. The first-order valence-electron chi connectivity index (χ1n) is 25.4. The zero-order chi connectivity index (χ0) is 41.7. The Morgan fingerprint density at radius 2 is 0.614 bits per heavy atom. The first kappa shape index (κ1) is 55.4. The molecule has 0 saturated heterocycles. The first-order chi connectivity index (χ1) is 27.9. The van der Waals surface area contributed by atoms with Gasteiger partial charge in [0.1, 0.15) is 13.2 Å². The SMILES string of the molecule is CCCCCCCCCCCCCC(=O)O[C@@H](COC(=O)CCCCCCCCCCCC)COC(=O)CCCCCCCCCCCCCCCCC(C)CC. The lowest BCUT2D eigenvalue weighted by Gasteiger charge is -2.18. The lowest BCUT2D eigenvalue weighted by molar-refractivity contribution is -0.167. The molecular weight excluding hydrogens is 709 g/mol. The summed E-state index contributed by atoms with van der Waals surface area (Å²) in [5, 5.41) is 0. The summed E-state index contributed by atoms with van der Waals surface area (Å²) in [6.45, 7) is 9.05. The van der Waals surface area contributed by atoms with Crippen molar-refractivity contribution < 1.29 is 28.6 Å². The molecule has 0 N–H and O–H groups in total. The Morgan fingerprint density at radius 1 is 0.351 bits per heavy atom. The lowest BCUT2D eigenvalue weighted by Crippen LogP contribution is -2.30. The predicted octanol–water partition coefficient (Wildman–Crippen LogP) is 16.3. The van der Waals surface area contributed by atoms with Crippen LogP contribution in [0.3, 0.4) is 0 Å². The molecule has 0 aliphatic heterocycles. The summed E-state index contributed by atoms with van der Waals surface area (Å²) >= 11 is 0. The molecule has 0 spiro atoms. The smallest absolute Gasteiger partial charge is 0.306 e. The van der Waals surface area contributed by atoms with Crippen molar-refractivity contribution in [3.63, 3.8) is 0 Å². The van der Waals surface area contributed by atoms with Crippen LogP contribution in [0.1, 0.15) is 285 Å². The second-order valence-electron chi connectivity index (χ2n) is 17.7. The molecule has 0 amide bonds. The highest BCUT2D eigenvalue weighted by Gasteiger charge is 2.19. The monoisotopic (exact) mass is 807 g/mol. The Balaban J connectivity index is 4.24. The Hall–Kier alpha value is -1.59. The van der Waals surface area contributed by atoms with Crippen LogP contribution in [0.5, 0.6) is 0 Å². The predicted molar refractivity (Wildman–Crippen MR) is 243 cm³/mol. The maximum atomic E-state index is 12.7. The van der Waals surface area contributed by atoms with Gasteiger partial charge in [0.2, 0.25) is 0 Å². The van der Waals surface area contributed by atoms with E-state index in [1.807, 2.05) is 0 Å². The quantitative estimate of drug-likeness (QED) is 0.0346. The van der Waals surface area contributed by atoms with Crippen LogP contribution in [0.15, 0.2) is 0 Å². The minimum absolute atomic E-state index is 0.0629. The highest BCUT2D eigenvalue weighted by Crippen LogP contribution is 2.17. The number of carbonyl (C=O) groups is 3. The molecule has 0 aliphatic carbocycles. The average molecular weight is 807 g/mol. The van der Waals surface area contributed by atoms with Crippen molar-refractivity contribution in [2.75, 3.05) is 13.2 Å². The second-order valence-corrected chi connectivity index (χ2v) is 17.7. The number of carbonyl (C=O) groups excluding carboxylic acids is 3. The minimum atomic E-state index is -0.759. The molecule has 0 bridgehead atoms. The van der Waals surface area contributed by atoms with E-state index in [4.69, 9.17) is 14.2 Å². The van der Waals surface area contributed by atoms with E-state index in [0.29, 0.717) is 19.3 Å². The summed E-state index contributed by atoms with van der Waals surface area (Å²) in [7, 11) is 0. The van der Waals surface area contributed by atoms with Crippen molar-refractivity contribution in [1.82, 2.24) is 0 Å². The van der Waals surface area contributed by atoms with Crippen LogP contribution in [0, 0.1) is 5.92 Å². The molecule has 0 aliphatic rings. The molecule has 0 radical (unpaired) electrons. The van der Waals surface area contributed by atoms with E-state index >= 15 is 0 Å². The Kier molecular flexibility index (Phi) is 44.2. The maximum absolute atomic E-state index is 12.7. The third-order valence-corrected chi connectivity index (χ3v) is 11.9. The number of unbranched alkanes of at least 4 members (excludes halogenated alkanes) is 32. The summed E-state index contributed by atoms with van der Waals surface area (Å²) < 4.78 is 16.8. The van der Waals surface area contributed by atoms with Gasteiger partial charge in [-0.25, -0.2) is 0 Å². The second kappa shape index (κ2) is 45.5. The molecule has 0 rings (SSSR count). The molecule has 0 aromatic heterocycles. The summed E-state index contributed by atoms with van der Waals surface area (Å²) in [6, 6.07) is 0. The molecule has 2 atom stereocenters. The van der Waals surface area contributed by atoms with Crippen LogP contribution in [0.25, 0.3) is 0 Å². The minimum Gasteiger partial charge on any atom is -0.462 e. The highest BCUT2D eigenvalue weighted by atomic mass is 16.6. The van der Waals surface area contributed by atoms with E-state index in [2.05, 4.69) is 27.7 Å². The molecule has 6 heteroatoms. The fourth-order valence-electron chi connectivity index (χ4n) is 7.66. The number of esters is 3. The van der Waals surface area contributed by atoms with E-state index in [9.17, 15) is 14.4 Å². The topological polar surface area (TPSA) is 78.9 Å². The van der Waals surface area contributed by atoms with Crippen molar-refractivity contribution in [3.8, 4) is 0 Å². The van der Waals surface area contributed by atoms with Crippen molar-refractivity contribution in [3.05, 3.63) is 0 Å². The molecule has 338 valence electrons. The van der Waals surface area contributed by atoms with E-state index in [-0.39, 0.29) is 31.1 Å². The van der Waals surface area contributed by atoms with Crippen LogP contribution in [0.2, 0.25) is 0 Å². The molecular formula is C51H98O6. The van der Waals surface area contributed by atoms with Crippen molar-refractivity contribution >= 4 is 17.9 Å². The number of rotatable bonds is 46. The van der Waals surface area contributed by atoms with Gasteiger partial charge in [-0.15, -0.1) is 0 Å². The van der Waals surface area contributed by atoms with Gasteiger partial charge in [-0.3, -0.25) is 14.4 Å².